The lowest BCUT2D eigenvalue weighted by molar-refractivity contribution is -0.389. The molecular weight excluding hydrogens is 497 g/mol. The van der Waals surface area contributed by atoms with Crippen molar-refractivity contribution in [1.82, 2.24) is 24.7 Å². The summed E-state index contributed by atoms with van der Waals surface area (Å²) in [5, 5.41) is 27.4. The molecule has 0 radical (unpaired) electrons. The Morgan fingerprint density at radius 2 is 1.86 bits per heavy atom. The van der Waals surface area contributed by atoms with E-state index in [1.807, 2.05) is 13.0 Å². The highest BCUT2D eigenvalue weighted by Gasteiger charge is 2.25. The van der Waals surface area contributed by atoms with Crippen LogP contribution in [0.1, 0.15) is 44.5 Å². The van der Waals surface area contributed by atoms with Crippen LogP contribution in [0.5, 0.6) is 0 Å². The largest absolute Gasteiger partial charge is 0.390 e. The number of rotatable bonds is 7. The van der Waals surface area contributed by atoms with Crippen LogP contribution >= 0.6 is 23.2 Å². The van der Waals surface area contributed by atoms with Gasteiger partial charge in [0, 0.05) is 10.0 Å². The number of halogens is 2. The summed E-state index contributed by atoms with van der Waals surface area (Å²) in [6.07, 6.45) is 0. The van der Waals surface area contributed by atoms with Crippen molar-refractivity contribution >= 4 is 40.6 Å². The molecule has 11 nitrogen and oxygen atoms in total. The van der Waals surface area contributed by atoms with E-state index in [2.05, 4.69) is 20.7 Å². The number of hydrogen-bond acceptors (Lipinski definition) is 7. The van der Waals surface area contributed by atoms with E-state index < -0.39 is 10.8 Å². The summed E-state index contributed by atoms with van der Waals surface area (Å²) < 4.78 is 8.42. The van der Waals surface area contributed by atoms with Gasteiger partial charge in [0.1, 0.15) is 5.76 Å². The van der Waals surface area contributed by atoms with E-state index >= 15 is 0 Å². The van der Waals surface area contributed by atoms with Gasteiger partial charge in [-0.25, -0.2) is 0 Å². The highest BCUT2D eigenvalue weighted by molar-refractivity contribution is 6.35. The Kier molecular flexibility index (Phi) is 6.64. The van der Waals surface area contributed by atoms with Gasteiger partial charge in [-0.1, -0.05) is 34.4 Å². The lowest BCUT2D eigenvalue weighted by atomic mass is 10.1. The summed E-state index contributed by atoms with van der Waals surface area (Å²) >= 11 is 12.3. The van der Waals surface area contributed by atoms with Gasteiger partial charge in [-0.2, -0.15) is 9.78 Å². The Labute approximate surface area is 209 Å². The minimum Gasteiger partial charge on any atom is -0.361 e. The van der Waals surface area contributed by atoms with E-state index in [9.17, 15) is 14.9 Å². The van der Waals surface area contributed by atoms with Gasteiger partial charge in [-0.05, 0) is 50.3 Å². The van der Waals surface area contributed by atoms with Gasteiger partial charge >= 0.3 is 5.82 Å². The minimum absolute atomic E-state index is 0.0624. The van der Waals surface area contributed by atoms with E-state index in [1.165, 1.54) is 10.7 Å². The first-order valence-corrected chi connectivity index (χ1v) is 11.2. The molecular formula is C22H21Cl2N7O4. The molecule has 0 atom stereocenters. The van der Waals surface area contributed by atoms with Gasteiger partial charge in [-0.3, -0.25) is 9.48 Å². The smallest absolute Gasteiger partial charge is 0.361 e. The Hall–Kier alpha value is -3.70. The molecule has 1 aromatic carbocycles. The molecule has 0 aliphatic heterocycles. The highest BCUT2D eigenvalue weighted by atomic mass is 35.5. The van der Waals surface area contributed by atoms with Crippen LogP contribution in [-0.4, -0.2) is 35.5 Å². The van der Waals surface area contributed by atoms with Gasteiger partial charge < -0.3 is 20.0 Å². The number of nitro groups is 1. The van der Waals surface area contributed by atoms with Crippen LogP contribution in [0.2, 0.25) is 10.0 Å². The molecule has 0 saturated heterocycles. The van der Waals surface area contributed by atoms with E-state index in [0.717, 1.165) is 11.3 Å². The van der Waals surface area contributed by atoms with Crippen LogP contribution in [0.4, 0.5) is 11.5 Å². The summed E-state index contributed by atoms with van der Waals surface area (Å²) in [7, 11) is 0. The lowest BCUT2D eigenvalue weighted by Gasteiger charge is -2.09. The maximum atomic E-state index is 13.2. The van der Waals surface area contributed by atoms with Gasteiger partial charge in [-0.15, -0.1) is 0 Å². The number of nitrogens with zero attached hydrogens (tertiary/aromatic N) is 6. The lowest BCUT2D eigenvalue weighted by Crippen LogP contribution is -2.17. The summed E-state index contributed by atoms with van der Waals surface area (Å²) in [5.41, 5.74) is 3.81. The number of carbonyl (C=O) groups excluding carboxylic acids is 1. The molecule has 182 valence electrons. The van der Waals surface area contributed by atoms with Gasteiger partial charge in [0.05, 0.1) is 52.6 Å². The molecule has 1 N–H and O–H groups in total. The predicted molar refractivity (Wildman–Crippen MR) is 129 cm³/mol. The Bertz CT molecular complexity index is 1450. The third-order valence-corrected chi connectivity index (χ3v) is 6.21. The van der Waals surface area contributed by atoms with Crippen LogP contribution in [0, 0.1) is 37.8 Å². The molecule has 13 heteroatoms. The van der Waals surface area contributed by atoms with E-state index in [1.54, 1.807) is 37.6 Å². The molecule has 1 amide bonds. The van der Waals surface area contributed by atoms with E-state index in [4.69, 9.17) is 27.7 Å². The topological polar surface area (TPSA) is 134 Å². The molecule has 35 heavy (non-hydrogen) atoms. The predicted octanol–water partition coefficient (Wildman–Crippen LogP) is 4.87. The van der Waals surface area contributed by atoms with Crippen LogP contribution in [0.15, 0.2) is 28.8 Å². The highest BCUT2D eigenvalue weighted by Crippen LogP contribution is 2.26. The second-order valence-electron chi connectivity index (χ2n) is 8.02. The van der Waals surface area contributed by atoms with Gasteiger partial charge in [0.2, 0.25) is 0 Å². The molecule has 0 fully saturated rings. The molecule has 0 bridgehead atoms. The Morgan fingerprint density at radius 1 is 1.11 bits per heavy atom. The fourth-order valence-corrected chi connectivity index (χ4v) is 4.13. The van der Waals surface area contributed by atoms with Crippen molar-refractivity contribution < 1.29 is 14.2 Å². The van der Waals surface area contributed by atoms with Crippen molar-refractivity contribution in [3.63, 3.8) is 0 Å². The third-order valence-electron chi connectivity index (χ3n) is 5.62. The summed E-state index contributed by atoms with van der Waals surface area (Å²) in [4.78, 5) is 23.6. The zero-order valence-corrected chi connectivity index (χ0v) is 20.8. The van der Waals surface area contributed by atoms with Gasteiger partial charge in [0.15, 0.2) is 5.69 Å². The Morgan fingerprint density at radius 3 is 2.51 bits per heavy atom. The van der Waals surface area contributed by atoms with Crippen LogP contribution in [0.3, 0.4) is 0 Å². The van der Waals surface area contributed by atoms with Crippen molar-refractivity contribution in [2.24, 2.45) is 0 Å². The van der Waals surface area contributed by atoms with Crippen molar-refractivity contribution in [2.45, 2.75) is 40.8 Å². The average molecular weight is 518 g/mol. The number of nitrogens with one attached hydrogen (secondary N) is 1. The summed E-state index contributed by atoms with van der Waals surface area (Å²) in [6.45, 7) is 7.45. The fraction of sp³-hybridized carbons (Fsp3) is 0.273. The molecule has 0 saturated carbocycles. The van der Waals surface area contributed by atoms with Crippen molar-refractivity contribution in [3.05, 3.63) is 84.1 Å². The molecule has 4 aromatic rings. The fourth-order valence-electron chi connectivity index (χ4n) is 3.66. The minimum atomic E-state index is -0.571. The van der Waals surface area contributed by atoms with E-state index in [0.29, 0.717) is 45.0 Å². The second-order valence-corrected chi connectivity index (χ2v) is 8.86. The third kappa shape index (κ3) is 4.91. The number of aromatic nitrogens is 5. The first-order chi connectivity index (χ1) is 16.5. The number of benzene rings is 1. The number of aryl methyl sites for hydroxylation is 3. The normalized spacial score (nSPS) is 11.1. The van der Waals surface area contributed by atoms with Crippen LogP contribution < -0.4 is 5.32 Å². The zero-order chi connectivity index (χ0) is 25.4. The molecule has 3 heterocycles. The van der Waals surface area contributed by atoms with Gasteiger partial charge in [0.25, 0.3) is 5.91 Å². The molecule has 0 spiro atoms. The number of carbonyl (C=O) groups is 1. The van der Waals surface area contributed by atoms with Crippen molar-refractivity contribution in [3.8, 4) is 0 Å². The number of hydrogen-bond donors (Lipinski definition) is 1. The van der Waals surface area contributed by atoms with E-state index in [-0.39, 0.29) is 18.1 Å². The van der Waals surface area contributed by atoms with Crippen molar-refractivity contribution in [1.29, 1.82) is 0 Å². The molecule has 0 aliphatic carbocycles. The molecule has 3 aromatic heterocycles. The Balaban J connectivity index is 1.58. The first kappa shape index (κ1) is 24.4. The maximum absolute atomic E-state index is 13.2. The second kappa shape index (κ2) is 9.51. The molecule has 0 aliphatic rings. The number of amides is 1. The quantitative estimate of drug-likeness (QED) is 0.273. The average Bonchev–Trinajstić information content (AvgIpc) is 3.42. The zero-order valence-electron chi connectivity index (χ0n) is 19.3. The number of anilines is 1. The van der Waals surface area contributed by atoms with Crippen LogP contribution in [0.25, 0.3) is 0 Å². The monoisotopic (exact) mass is 517 g/mol. The maximum Gasteiger partial charge on any atom is 0.390 e. The molecule has 4 rings (SSSR count). The van der Waals surface area contributed by atoms with Crippen molar-refractivity contribution in [2.75, 3.05) is 5.32 Å². The summed E-state index contributed by atoms with van der Waals surface area (Å²) in [6, 6.07) is 6.60. The molecule has 0 unspecified atom stereocenters. The SMILES string of the molecule is Cc1nn(Cc2ccc(Cl)cc2Cl)c(C)c1NC(=O)c1noc(C)c1Cn1nc([N+](=O)[O-])cc1C. The summed E-state index contributed by atoms with van der Waals surface area (Å²) in [5.74, 6) is -0.359. The standard InChI is InChI=1S/C22H21Cl2N7O4/c1-11-7-19(31(33)34)27-29(11)10-17-14(4)35-28-21(17)22(32)25-20-12(2)26-30(13(20)3)9-15-5-6-16(23)8-18(15)24/h5-8H,9-10H2,1-4H3,(H,25,32). The van der Waals surface area contributed by atoms with Crippen LogP contribution in [-0.2, 0) is 13.1 Å². The first-order valence-electron chi connectivity index (χ1n) is 10.5.